The number of amides is 1. The molecule has 1 amide bonds. The molecule has 0 radical (unpaired) electrons. The van der Waals surface area contributed by atoms with Gasteiger partial charge in [0.2, 0.25) is 0 Å². The molecule has 0 atom stereocenters. The van der Waals surface area contributed by atoms with Crippen LogP contribution in [0.4, 0.5) is 5.69 Å². The van der Waals surface area contributed by atoms with E-state index in [2.05, 4.69) is 19.2 Å². The van der Waals surface area contributed by atoms with Crippen LogP contribution in [0.15, 0.2) is 41.0 Å². The topological polar surface area (TPSA) is 42.2 Å². The zero-order valence-corrected chi connectivity index (χ0v) is 10.9. The Balaban J connectivity index is 2.31. The van der Waals surface area contributed by atoms with Gasteiger partial charge in [0.05, 0.1) is 6.26 Å². The number of aryl methyl sites for hydroxylation is 1. The van der Waals surface area contributed by atoms with Crippen LogP contribution in [0.2, 0.25) is 0 Å². The third kappa shape index (κ3) is 2.45. The van der Waals surface area contributed by atoms with Crippen LogP contribution in [-0.2, 0) is 0 Å². The Hall–Kier alpha value is -2.03. The summed E-state index contributed by atoms with van der Waals surface area (Å²) in [7, 11) is 0. The van der Waals surface area contributed by atoms with Gasteiger partial charge >= 0.3 is 0 Å². The van der Waals surface area contributed by atoms with E-state index in [1.54, 1.807) is 12.1 Å². The molecule has 1 aromatic carbocycles. The minimum absolute atomic E-state index is 0.212. The molecule has 0 aliphatic carbocycles. The largest absolute Gasteiger partial charge is 0.459 e. The van der Waals surface area contributed by atoms with E-state index in [9.17, 15) is 4.79 Å². The molecule has 2 aromatic rings. The third-order valence-electron chi connectivity index (χ3n) is 2.91. The summed E-state index contributed by atoms with van der Waals surface area (Å²) >= 11 is 0. The van der Waals surface area contributed by atoms with Gasteiger partial charge in [-0.1, -0.05) is 32.0 Å². The first-order valence-electron chi connectivity index (χ1n) is 6.04. The van der Waals surface area contributed by atoms with E-state index in [1.165, 1.54) is 6.26 Å². The number of carbonyl (C=O) groups is 1. The van der Waals surface area contributed by atoms with Crippen molar-refractivity contribution >= 4 is 11.6 Å². The molecule has 0 aliphatic rings. The molecule has 1 heterocycles. The van der Waals surface area contributed by atoms with Crippen LogP contribution < -0.4 is 5.32 Å². The molecular weight excluding hydrogens is 226 g/mol. The summed E-state index contributed by atoms with van der Waals surface area (Å²) in [6, 6.07) is 9.39. The first-order valence-corrected chi connectivity index (χ1v) is 6.04. The lowest BCUT2D eigenvalue weighted by Gasteiger charge is -2.15. The second-order valence-electron chi connectivity index (χ2n) is 4.63. The number of carbonyl (C=O) groups excluding carboxylic acids is 1. The number of hydrogen-bond donors (Lipinski definition) is 1. The number of rotatable bonds is 3. The van der Waals surface area contributed by atoms with Crippen molar-refractivity contribution in [3.63, 3.8) is 0 Å². The molecule has 2 rings (SSSR count). The average Bonchev–Trinajstić information content (AvgIpc) is 2.85. The van der Waals surface area contributed by atoms with Crippen LogP contribution >= 0.6 is 0 Å². The minimum Gasteiger partial charge on any atom is -0.459 e. The zero-order chi connectivity index (χ0) is 13.1. The van der Waals surface area contributed by atoms with E-state index >= 15 is 0 Å². The fraction of sp³-hybridized carbons (Fsp3) is 0.267. The van der Waals surface area contributed by atoms with Gasteiger partial charge in [-0.3, -0.25) is 4.79 Å². The third-order valence-corrected chi connectivity index (χ3v) is 2.91. The molecule has 3 heteroatoms. The lowest BCUT2D eigenvalue weighted by atomic mass is 9.98. The Morgan fingerprint density at radius 1 is 1.22 bits per heavy atom. The van der Waals surface area contributed by atoms with E-state index in [4.69, 9.17) is 4.42 Å². The van der Waals surface area contributed by atoms with Gasteiger partial charge in [-0.05, 0) is 36.1 Å². The Morgan fingerprint density at radius 2 is 2.00 bits per heavy atom. The van der Waals surface area contributed by atoms with Crippen molar-refractivity contribution < 1.29 is 9.21 Å². The van der Waals surface area contributed by atoms with Crippen LogP contribution in [0, 0.1) is 6.92 Å². The molecule has 18 heavy (non-hydrogen) atoms. The lowest BCUT2D eigenvalue weighted by Crippen LogP contribution is -2.14. The number of furan rings is 1. The summed E-state index contributed by atoms with van der Waals surface area (Å²) in [5, 5.41) is 2.93. The van der Waals surface area contributed by atoms with Gasteiger partial charge in [0.1, 0.15) is 0 Å². The highest BCUT2D eigenvalue weighted by atomic mass is 16.3. The van der Waals surface area contributed by atoms with Crippen LogP contribution in [0.1, 0.15) is 41.4 Å². The van der Waals surface area contributed by atoms with Gasteiger partial charge in [0.25, 0.3) is 5.91 Å². The SMILES string of the molecule is Cc1cccc(C(C)C)c1NC(=O)c1ccco1. The summed E-state index contributed by atoms with van der Waals surface area (Å²) in [5.74, 6) is 0.473. The van der Waals surface area contributed by atoms with Crippen molar-refractivity contribution in [2.24, 2.45) is 0 Å². The minimum atomic E-state index is -0.212. The Kier molecular flexibility index (Phi) is 3.51. The van der Waals surface area contributed by atoms with Crippen LogP contribution in [0.3, 0.4) is 0 Å². The molecule has 3 nitrogen and oxygen atoms in total. The van der Waals surface area contributed by atoms with Crippen molar-refractivity contribution in [2.45, 2.75) is 26.7 Å². The molecule has 0 saturated carbocycles. The summed E-state index contributed by atoms with van der Waals surface area (Å²) in [5.41, 5.74) is 3.07. The number of benzene rings is 1. The Labute approximate surface area is 107 Å². The van der Waals surface area contributed by atoms with Gasteiger partial charge in [0, 0.05) is 5.69 Å². The Bertz CT molecular complexity index is 542. The highest BCUT2D eigenvalue weighted by molar-refractivity contribution is 6.03. The number of anilines is 1. The fourth-order valence-electron chi connectivity index (χ4n) is 1.93. The van der Waals surface area contributed by atoms with Gasteiger partial charge in [0.15, 0.2) is 5.76 Å². The van der Waals surface area contributed by atoms with Crippen molar-refractivity contribution in [3.8, 4) is 0 Å². The molecule has 1 N–H and O–H groups in total. The quantitative estimate of drug-likeness (QED) is 0.886. The van der Waals surface area contributed by atoms with Gasteiger partial charge in [-0.2, -0.15) is 0 Å². The van der Waals surface area contributed by atoms with Crippen LogP contribution in [-0.4, -0.2) is 5.91 Å². The van der Waals surface area contributed by atoms with E-state index in [0.29, 0.717) is 11.7 Å². The zero-order valence-electron chi connectivity index (χ0n) is 10.9. The predicted octanol–water partition coefficient (Wildman–Crippen LogP) is 3.96. The van der Waals surface area contributed by atoms with Crippen molar-refractivity contribution in [1.82, 2.24) is 0 Å². The normalized spacial score (nSPS) is 10.7. The summed E-state index contributed by atoms with van der Waals surface area (Å²) in [6.07, 6.45) is 1.50. The smallest absolute Gasteiger partial charge is 0.291 e. The van der Waals surface area contributed by atoms with E-state index in [0.717, 1.165) is 16.8 Å². The monoisotopic (exact) mass is 243 g/mol. The standard InChI is InChI=1S/C15H17NO2/c1-10(2)12-7-4-6-11(3)14(12)16-15(17)13-8-5-9-18-13/h4-10H,1-3H3,(H,16,17). The number of nitrogens with one attached hydrogen (secondary N) is 1. The second kappa shape index (κ2) is 5.08. The Morgan fingerprint density at radius 3 is 2.61 bits per heavy atom. The van der Waals surface area contributed by atoms with Gasteiger partial charge in [-0.25, -0.2) is 0 Å². The fourth-order valence-corrected chi connectivity index (χ4v) is 1.93. The van der Waals surface area contributed by atoms with Gasteiger partial charge < -0.3 is 9.73 Å². The molecule has 0 fully saturated rings. The molecule has 94 valence electrons. The summed E-state index contributed by atoms with van der Waals surface area (Å²) in [4.78, 5) is 12.0. The van der Waals surface area contributed by atoms with Crippen LogP contribution in [0.5, 0.6) is 0 Å². The van der Waals surface area contributed by atoms with Crippen molar-refractivity contribution in [3.05, 3.63) is 53.5 Å². The maximum absolute atomic E-state index is 12.0. The first kappa shape index (κ1) is 12.4. The molecule has 0 spiro atoms. The van der Waals surface area contributed by atoms with Crippen molar-refractivity contribution in [1.29, 1.82) is 0 Å². The maximum atomic E-state index is 12.0. The second-order valence-corrected chi connectivity index (χ2v) is 4.63. The van der Waals surface area contributed by atoms with E-state index < -0.39 is 0 Å². The van der Waals surface area contributed by atoms with Gasteiger partial charge in [-0.15, -0.1) is 0 Å². The molecule has 0 aliphatic heterocycles. The number of hydrogen-bond acceptors (Lipinski definition) is 2. The molecule has 0 bridgehead atoms. The maximum Gasteiger partial charge on any atom is 0.291 e. The van der Waals surface area contributed by atoms with E-state index in [-0.39, 0.29) is 5.91 Å². The van der Waals surface area contributed by atoms with E-state index in [1.807, 2.05) is 25.1 Å². The lowest BCUT2D eigenvalue weighted by molar-refractivity contribution is 0.0996. The average molecular weight is 243 g/mol. The first-order chi connectivity index (χ1) is 8.59. The molecular formula is C15H17NO2. The van der Waals surface area contributed by atoms with Crippen LogP contribution in [0.25, 0.3) is 0 Å². The van der Waals surface area contributed by atoms with Crippen molar-refractivity contribution in [2.75, 3.05) is 5.32 Å². The summed E-state index contributed by atoms with van der Waals surface area (Å²) in [6.45, 7) is 6.21. The summed E-state index contributed by atoms with van der Waals surface area (Å²) < 4.78 is 5.10. The molecule has 0 unspecified atom stereocenters. The molecule has 1 aromatic heterocycles. The highest BCUT2D eigenvalue weighted by Gasteiger charge is 2.14. The predicted molar refractivity (Wildman–Crippen MR) is 71.9 cm³/mol. The number of para-hydroxylation sites is 1. The molecule has 0 saturated heterocycles. The highest BCUT2D eigenvalue weighted by Crippen LogP contribution is 2.27.